The number of amides is 1. The minimum atomic E-state index is 0. The van der Waals surface area contributed by atoms with Crippen molar-refractivity contribution in [1.82, 2.24) is 5.32 Å². The first kappa shape index (κ1) is 12.9. The van der Waals surface area contributed by atoms with Crippen LogP contribution in [0.4, 0.5) is 0 Å². The van der Waals surface area contributed by atoms with Gasteiger partial charge in [0.15, 0.2) is 0 Å². The predicted octanol–water partition coefficient (Wildman–Crippen LogP) is 1.35. The van der Waals surface area contributed by atoms with E-state index in [1.165, 1.54) is 26.4 Å². The maximum Gasteiger partial charge on any atom is 0.292 e. The molecular formula is C10H21NO3. The fourth-order valence-electron chi connectivity index (χ4n) is 1.57. The Bertz CT molecular complexity index is 170. The fraction of sp³-hybridized carbons (Fsp3) is 0.800. The highest BCUT2D eigenvalue weighted by atomic mass is 16.5. The van der Waals surface area contributed by atoms with Crippen LogP contribution in [0.2, 0.25) is 0 Å². The molecule has 1 N–H and O–H groups in total. The van der Waals surface area contributed by atoms with E-state index in [9.17, 15) is 4.79 Å². The van der Waals surface area contributed by atoms with Gasteiger partial charge in [-0.15, -0.1) is 0 Å². The lowest BCUT2D eigenvalue weighted by Gasteiger charge is -2.19. The first-order valence-corrected chi connectivity index (χ1v) is 4.94. The summed E-state index contributed by atoms with van der Waals surface area (Å²) in [6, 6.07) is 0. The molecule has 1 amide bonds. The Morgan fingerprint density at radius 2 is 1.93 bits per heavy atom. The third kappa shape index (κ3) is 5.56. The third-order valence-electron chi connectivity index (χ3n) is 2.32. The average molecular weight is 203 g/mol. The van der Waals surface area contributed by atoms with Crippen molar-refractivity contribution >= 4 is 12.4 Å². The minimum absolute atomic E-state index is 0. The summed E-state index contributed by atoms with van der Waals surface area (Å²) < 4.78 is 3.86. The van der Waals surface area contributed by atoms with Crippen LogP contribution in [0, 0.1) is 5.92 Å². The van der Waals surface area contributed by atoms with E-state index in [1.54, 1.807) is 7.05 Å². The van der Waals surface area contributed by atoms with Crippen molar-refractivity contribution in [3.63, 3.8) is 0 Å². The Kier molecular flexibility index (Phi) is 7.89. The highest BCUT2D eigenvalue weighted by molar-refractivity contribution is 5.78. The molecule has 84 valence electrons. The molecule has 0 atom stereocenters. The zero-order chi connectivity index (χ0) is 10.8. The molecule has 1 aliphatic rings. The van der Waals surface area contributed by atoms with Crippen LogP contribution in [0.1, 0.15) is 33.5 Å². The Balaban J connectivity index is 0. The number of hydrogen-bond donors (Lipinski definition) is 1. The summed E-state index contributed by atoms with van der Waals surface area (Å²) in [7, 11) is 3.03. The number of nitrogens with one attached hydrogen (secondary N) is 1. The summed E-state index contributed by atoms with van der Waals surface area (Å²) >= 11 is 0. The number of rotatable bonds is 2. The molecule has 0 spiro atoms. The molecule has 14 heavy (non-hydrogen) atoms. The average Bonchev–Trinajstić information content (AvgIpc) is 2.29. The Hall–Kier alpha value is -1.06. The number of methoxy groups -OCH3 is 1. The van der Waals surface area contributed by atoms with Gasteiger partial charge in [0.05, 0.1) is 7.11 Å². The van der Waals surface area contributed by atoms with E-state index in [1.807, 2.05) is 0 Å². The number of carbonyl (C=O) groups is 2. The lowest BCUT2D eigenvalue weighted by atomic mass is 9.89. The molecular weight excluding hydrogens is 182 g/mol. The van der Waals surface area contributed by atoms with Crippen LogP contribution in [0.25, 0.3) is 0 Å². The summed E-state index contributed by atoms with van der Waals surface area (Å²) in [5.74, 6) is 0.554. The summed E-state index contributed by atoms with van der Waals surface area (Å²) in [6.07, 6.45) is 5.98. The molecule has 0 aromatic carbocycles. The van der Waals surface area contributed by atoms with Crippen molar-refractivity contribution in [2.24, 2.45) is 5.92 Å². The van der Waals surface area contributed by atoms with Crippen LogP contribution in [0.15, 0.2) is 0 Å². The molecule has 4 heteroatoms. The van der Waals surface area contributed by atoms with Crippen molar-refractivity contribution in [2.45, 2.75) is 32.1 Å². The van der Waals surface area contributed by atoms with Gasteiger partial charge >= 0.3 is 0 Å². The van der Waals surface area contributed by atoms with Crippen LogP contribution in [-0.4, -0.2) is 26.5 Å². The van der Waals surface area contributed by atoms with Gasteiger partial charge in [-0.05, 0) is 12.8 Å². The van der Waals surface area contributed by atoms with Gasteiger partial charge in [-0.2, -0.15) is 0 Å². The molecule has 0 aromatic rings. The lowest BCUT2D eigenvalue weighted by molar-refractivity contribution is -0.126. The lowest BCUT2D eigenvalue weighted by Crippen LogP contribution is -2.28. The van der Waals surface area contributed by atoms with Gasteiger partial charge in [-0.3, -0.25) is 9.59 Å². The first-order chi connectivity index (χ1) is 6.76. The van der Waals surface area contributed by atoms with Gasteiger partial charge < -0.3 is 10.1 Å². The van der Waals surface area contributed by atoms with Gasteiger partial charge in [0.25, 0.3) is 6.47 Å². The van der Waals surface area contributed by atoms with Crippen molar-refractivity contribution < 1.29 is 15.8 Å². The zero-order valence-electron chi connectivity index (χ0n) is 8.91. The highest BCUT2D eigenvalue weighted by Crippen LogP contribution is 2.23. The molecule has 0 aliphatic heterocycles. The highest BCUT2D eigenvalue weighted by Gasteiger charge is 2.19. The monoisotopic (exact) mass is 203 g/mol. The third-order valence-corrected chi connectivity index (χ3v) is 2.32. The number of ether oxygens (including phenoxy) is 1. The number of hydrogen-bond acceptors (Lipinski definition) is 3. The second kappa shape index (κ2) is 8.53. The maximum absolute atomic E-state index is 11.1. The molecule has 0 saturated heterocycles. The van der Waals surface area contributed by atoms with Gasteiger partial charge in [-0.25, -0.2) is 0 Å². The Morgan fingerprint density at radius 1 is 1.43 bits per heavy atom. The molecule has 4 nitrogen and oxygen atoms in total. The Morgan fingerprint density at radius 3 is 2.29 bits per heavy atom. The number of carbonyl (C=O) groups excluding carboxylic acids is 2. The van der Waals surface area contributed by atoms with Gasteiger partial charge in [0, 0.05) is 14.4 Å². The topological polar surface area (TPSA) is 55.4 Å². The summed E-state index contributed by atoms with van der Waals surface area (Å²) in [5, 5.41) is 2.70. The van der Waals surface area contributed by atoms with E-state index in [4.69, 9.17) is 4.79 Å². The van der Waals surface area contributed by atoms with Gasteiger partial charge in [0.2, 0.25) is 5.91 Å². The van der Waals surface area contributed by atoms with Crippen LogP contribution in [-0.2, 0) is 14.3 Å². The van der Waals surface area contributed by atoms with E-state index < -0.39 is 0 Å². The van der Waals surface area contributed by atoms with Crippen LogP contribution >= 0.6 is 0 Å². The van der Waals surface area contributed by atoms with Gasteiger partial charge in [-0.1, -0.05) is 19.3 Å². The second-order valence-electron chi connectivity index (χ2n) is 3.28. The molecule has 0 bridgehead atoms. The molecule has 0 heterocycles. The molecule has 0 aromatic heterocycles. The largest absolute Gasteiger partial charge is 0.471 e. The molecule has 1 saturated carbocycles. The standard InChI is InChI=1S/C8H15NO.C2H4O2.H2/c1-9-8(10)7-5-3-2-4-6-7;1-4-2-3;/h7H,2-6H2,1H3,(H,9,10);2H,1H3;1H. The molecule has 0 unspecified atom stereocenters. The molecule has 1 fully saturated rings. The smallest absolute Gasteiger partial charge is 0.292 e. The van der Waals surface area contributed by atoms with E-state index in [0.29, 0.717) is 12.4 Å². The molecule has 1 rings (SSSR count). The SMILES string of the molecule is CNC(=O)C1CCCCC1.COC=O.[HH]. The van der Waals surface area contributed by atoms with Crippen molar-refractivity contribution in [3.8, 4) is 0 Å². The second-order valence-corrected chi connectivity index (χ2v) is 3.28. The fourth-order valence-corrected chi connectivity index (χ4v) is 1.57. The Labute approximate surface area is 86.5 Å². The summed E-state index contributed by atoms with van der Waals surface area (Å²) in [6.45, 7) is 0.375. The van der Waals surface area contributed by atoms with Crippen molar-refractivity contribution in [1.29, 1.82) is 0 Å². The quantitative estimate of drug-likeness (QED) is 0.689. The summed E-state index contributed by atoms with van der Waals surface area (Å²) in [4.78, 5) is 20.0. The zero-order valence-corrected chi connectivity index (χ0v) is 8.91. The van der Waals surface area contributed by atoms with E-state index in [2.05, 4.69) is 10.1 Å². The van der Waals surface area contributed by atoms with E-state index >= 15 is 0 Å². The normalized spacial score (nSPS) is 16.1. The molecule has 0 radical (unpaired) electrons. The minimum Gasteiger partial charge on any atom is -0.471 e. The van der Waals surface area contributed by atoms with Gasteiger partial charge in [0.1, 0.15) is 0 Å². The molecule has 1 aliphatic carbocycles. The van der Waals surface area contributed by atoms with Crippen LogP contribution in [0.3, 0.4) is 0 Å². The maximum atomic E-state index is 11.1. The van der Waals surface area contributed by atoms with Crippen LogP contribution < -0.4 is 5.32 Å². The summed E-state index contributed by atoms with van der Waals surface area (Å²) in [5.41, 5.74) is 0. The van der Waals surface area contributed by atoms with E-state index in [0.717, 1.165) is 12.8 Å². The van der Waals surface area contributed by atoms with Crippen molar-refractivity contribution in [3.05, 3.63) is 0 Å². The van der Waals surface area contributed by atoms with E-state index in [-0.39, 0.29) is 7.33 Å². The predicted molar refractivity (Wildman–Crippen MR) is 55.8 cm³/mol. The van der Waals surface area contributed by atoms with Crippen LogP contribution in [0.5, 0.6) is 0 Å². The van der Waals surface area contributed by atoms with Crippen molar-refractivity contribution in [2.75, 3.05) is 14.2 Å². The first-order valence-electron chi connectivity index (χ1n) is 4.94.